The third kappa shape index (κ3) is 1.90. The van der Waals surface area contributed by atoms with Gasteiger partial charge < -0.3 is 10.0 Å². The van der Waals surface area contributed by atoms with Gasteiger partial charge in [0.1, 0.15) is 0 Å². The summed E-state index contributed by atoms with van der Waals surface area (Å²) in [5.41, 5.74) is 1.30. The average molecular weight is 260 g/mol. The van der Waals surface area contributed by atoms with Gasteiger partial charge in [-0.2, -0.15) is 0 Å². The van der Waals surface area contributed by atoms with Gasteiger partial charge in [-0.05, 0) is 24.6 Å². The van der Waals surface area contributed by atoms with Crippen molar-refractivity contribution >= 4 is 34.8 Å². The molecule has 0 saturated heterocycles. The molecule has 0 aliphatic carbocycles. The van der Waals surface area contributed by atoms with Gasteiger partial charge in [0.2, 0.25) is 0 Å². The molecular formula is C11H11Cl2NO2. The monoisotopic (exact) mass is 259 g/mol. The second kappa shape index (κ2) is 4.62. The molecule has 1 heterocycles. The number of anilines is 1. The predicted octanol–water partition coefficient (Wildman–Crippen LogP) is 2.35. The highest BCUT2D eigenvalue weighted by atomic mass is 35.5. The Bertz CT molecular complexity index is 422. The van der Waals surface area contributed by atoms with Crippen LogP contribution >= 0.6 is 23.2 Å². The lowest BCUT2D eigenvalue weighted by atomic mass is 10.1. The van der Waals surface area contributed by atoms with E-state index in [1.54, 1.807) is 23.1 Å². The van der Waals surface area contributed by atoms with E-state index in [2.05, 4.69) is 0 Å². The summed E-state index contributed by atoms with van der Waals surface area (Å²) in [5.74, 6) is 0.186. The minimum atomic E-state index is -1.09. The summed E-state index contributed by atoms with van der Waals surface area (Å²) in [6.07, 6.45) is -0.397. The first-order chi connectivity index (χ1) is 7.65. The quantitative estimate of drug-likeness (QED) is 0.847. The van der Waals surface area contributed by atoms with Gasteiger partial charge in [-0.15, -0.1) is 11.6 Å². The number of carbonyl (C=O) groups excluding carboxylic acids is 1. The van der Waals surface area contributed by atoms with E-state index in [0.717, 1.165) is 5.69 Å². The summed E-state index contributed by atoms with van der Waals surface area (Å²) in [7, 11) is 0. The van der Waals surface area contributed by atoms with Crippen molar-refractivity contribution in [2.24, 2.45) is 0 Å². The number of halogens is 2. The Balaban J connectivity index is 2.34. The van der Waals surface area contributed by atoms with Crippen LogP contribution in [0.15, 0.2) is 18.2 Å². The maximum absolute atomic E-state index is 11.8. The molecule has 0 bridgehead atoms. The zero-order valence-electron chi connectivity index (χ0n) is 8.49. The lowest BCUT2D eigenvalue weighted by molar-refractivity contribution is -0.125. The van der Waals surface area contributed by atoms with Crippen LogP contribution in [0.4, 0.5) is 5.69 Å². The van der Waals surface area contributed by atoms with Crippen LogP contribution in [0, 0.1) is 0 Å². The largest absolute Gasteiger partial charge is 0.378 e. The number of rotatable bonds is 3. The standard InChI is InChI=1S/C11H11Cl2NO2/c12-4-1-5-14-9-3-2-7(13)6-8(9)10(15)11(14)16/h2-3,6,10,15H,1,4-5H2. The lowest BCUT2D eigenvalue weighted by Crippen LogP contribution is -2.29. The Morgan fingerprint density at radius 2 is 2.19 bits per heavy atom. The number of carbonyl (C=O) groups is 1. The number of alkyl halides is 1. The van der Waals surface area contributed by atoms with E-state index in [-0.39, 0.29) is 5.91 Å². The van der Waals surface area contributed by atoms with E-state index in [1.807, 2.05) is 0 Å². The molecule has 2 rings (SSSR count). The smallest absolute Gasteiger partial charge is 0.260 e. The van der Waals surface area contributed by atoms with E-state index < -0.39 is 6.10 Å². The van der Waals surface area contributed by atoms with Crippen molar-refractivity contribution in [2.75, 3.05) is 17.3 Å². The number of fused-ring (bicyclic) bond motifs is 1. The molecule has 1 unspecified atom stereocenters. The molecule has 0 radical (unpaired) electrons. The zero-order chi connectivity index (χ0) is 11.7. The number of hydrogen-bond donors (Lipinski definition) is 1. The molecule has 0 fully saturated rings. The maximum Gasteiger partial charge on any atom is 0.260 e. The second-order valence-corrected chi connectivity index (χ2v) is 4.45. The van der Waals surface area contributed by atoms with E-state index >= 15 is 0 Å². The third-order valence-electron chi connectivity index (χ3n) is 2.59. The van der Waals surface area contributed by atoms with Crippen molar-refractivity contribution < 1.29 is 9.90 Å². The summed E-state index contributed by atoms with van der Waals surface area (Å²) >= 11 is 11.4. The Kier molecular flexibility index (Phi) is 3.38. The van der Waals surface area contributed by atoms with Gasteiger partial charge in [-0.1, -0.05) is 11.6 Å². The van der Waals surface area contributed by atoms with Gasteiger partial charge >= 0.3 is 0 Å². The maximum atomic E-state index is 11.8. The summed E-state index contributed by atoms with van der Waals surface area (Å²) in [4.78, 5) is 13.3. The van der Waals surface area contributed by atoms with Gasteiger partial charge in [-0.3, -0.25) is 4.79 Å². The van der Waals surface area contributed by atoms with Gasteiger partial charge in [0, 0.05) is 23.0 Å². The number of hydrogen-bond acceptors (Lipinski definition) is 2. The molecular weight excluding hydrogens is 249 g/mol. The van der Waals surface area contributed by atoms with Crippen LogP contribution in [-0.2, 0) is 4.79 Å². The predicted molar refractivity (Wildman–Crippen MR) is 64.1 cm³/mol. The molecule has 3 nitrogen and oxygen atoms in total. The van der Waals surface area contributed by atoms with Gasteiger partial charge in [0.05, 0.1) is 5.69 Å². The second-order valence-electron chi connectivity index (χ2n) is 3.64. The van der Waals surface area contributed by atoms with Crippen molar-refractivity contribution in [3.05, 3.63) is 28.8 Å². The van der Waals surface area contributed by atoms with Crippen molar-refractivity contribution in [2.45, 2.75) is 12.5 Å². The van der Waals surface area contributed by atoms with Crippen molar-refractivity contribution in [1.82, 2.24) is 0 Å². The minimum Gasteiger partial charge on any atom is -0.378 e. The van der Waals surface area contributed by atoms with Crippen molar-refractivity contribution in [3.63, 3.8) is 0 Å². The van der Waals surface area contributed by atoms with Crippen LogP contribution < -0.4 is 4.90 Å². The Hall–Kier alpha value is -0.770. The normalized spacial score (nSPS) is 19.1. The fourth-order valence-corrected chi connectivity index (χ4v) is 2.14. The van der Waals surface area contributed by atoms with Crippen LogP contribution in [-0.4, -0.2) is 23.4 Å². The van der Waals surface area contributed by atoms with Crippen LogP contribution in [0.5, 0.6) is 0 Å². The summed E-state index contributed by atoms with van der Waals surface area (Å²) in [6.45, 7) is 0.522. The first kappa shape index (κ1) is 11.7. The molecule has 1 aliphatic heterocycles. The van der Waals surface area contributed by atoms with E-state index in [4.69, 9.17) is 23.2 Å². The highest BCUT2D eigenvalue weighted by Crippen LogP contribution is 2.37. The molecule has 1 atom stereocenters. The molecule has 86 valence electrons. The topological polar surface area (TPSA) is 40.5 Å². The SMILES string of the molecule is O=C1C(O)c2cc(Cl)ccc2N1CCCCl. The van der Waals surface area contributed by atoms with E-state index in [9.17, 15) is 9.90 Å². The summed E-state index contributed by atoms with van der Waals surface area (Å²) in [6, 6.07) is 5.08. The highest BCUT2D eigenvalue weighted by Gasteiger charge is 2.35. The molecule has 16 heavy (non-hydrogen) atoms. The molecule has 1 aliphatic rings. The molecule has 5 heteroatoms. The fourth-order valence-electron chi connectivity index (χ4n) is 1.84. The average Bonchev–Trinajstić information content (AvgIpc) is 2.50. The lowest BCUT2D eigenvalue weighted by Gasteiger charge is -2.16. The Morgan fingerprint density at radius 3 is 2.88 bits per heavy atom. The zero-order valence-corrected chi connectivity index (χ0v) is 10.0. The van der Waals surface area contributed by atoms with Crippen LogP contribution in [0.25, 0.3) is 0 Å². The molecule has 0 aromatic heterocycles. The van der Waals surface area contributed by atoms with Crippen LogP contribution in [0.1, 0.15) is 18.1 Å². The van der Waals surface area contributed by atoms with Gasteiger partial charge in [0.25, 0.3) is 5.91 Å². The van der Waals surface area contributed by atoms with Gasteiger partial charge in [0.15, 0.2) is 6.10 Å². The Morgan fingerprint density at radius 1 is 1.44 bits per heavy atom. The third-order valence-corrected chi connectivity index (χ3v) is 3.09. The number of amides is 1. The molecule has 1 N–H and O–H groups in total. The summed E-state index contributed by atoms with van der Waals surface area (Å²) in [5, 5.41) is 10.3. The number of aliphatic hydroxyl groups excluding tert-OH is 1. The van der Waals surface area contributed by atoms with E-state index in [0.29, 0.717) is 29.4 Å². The molecule has 0 saturated carbocycles. The minimum absolute atomic E-state index is 0.303. The molecule has 1 aromatic carbocycles. The van der Waals surface area contributed by atoms with Crippen LogP contribution in [0.2, 0.25) is 5.02 Å². The van der Waals surface area contributed by atoms with Crippen LogP contribution in [0.3, 0.4) is 0 Å². The molecule has 1 amide bonds. The number of aliphatic hydroxyl groups is 1. The number of benzene rings is 1. The Labute approximate surface area is 104 Å². The molecule has 1 aromatic rings. The number of nitrogens with zero attached hydrogens (tertiary/aromatic N) is 1. The molecule has 0 spiro atoms. The first-order valence-electron chi connectivity index (χ1n) is 5.00. The summed E-state index contributed by atoms with van der Waals surface area (Å²) < 4.78 is 0. The van der Waals surface area contributed by atoms with Crippen molar-refractivity contribution in [1.29, 1.82) is 0 Å². The highest BCUT2D eigenvalue weighted by molar-refractivity contribution is 6.31. The fraction of sp³-hybridized carbons (Fsp3) is 0.364. The van der Waals surface area contributed by atoms with E-state index in [1.165, 1.54) is 0 Å². The van der Waals surface area contributed by atoms with Crippen molar-refractivity contribution in [3.8, 4) is 0 Å². The van der Waals surface area contributed by atoms with Gasteiger partial charge in [-0.25, -0.2) is 0 Å². The first-order valence-corrected chi connectivity index (χ1v) is 5.91.